The van der Waals surface area contributed by atoms with E-state index >= 15 is 0 Å². The van der Waals surface area contributed by atoms with E-state index in [2.05, 4.69) is 74.3 Å². The van der Waals surface area contributed by atoms with Gasteiger partial charge in [0.05, 0.1) is 41.0 Å². The summed E-state index contributed by atoms with van der Waals surface area (Å²) in [6, 6.07) is 35.0. The summed E-state index contributed by atoms with van der Waals surface area (Å²) in [5, 5.41) is 20.0. The molecule has 1 aliphatic rings. The van der Waals surface area contributed by atoms with Crippen molar-refractivity contribution >= 4 is 31.0 Å². The minimum absolute atomic E-state index is 0.00548. The lowest BCUT2D eigenvalue weighted by Crippen LogP contribution is -2.71. The maximum Gasteiger partial charge on any atom is 0.256 e. The lowest BCUT2D eigenvalue weighted by atomic mass is 9.79. The van der Waals surface area contributed by atoms with Gasteiger partial charge in [0, 0.05) is 18.7 Å². The molecule has 1 fully saturated rings. The van der Waals surface area contributed by atoms with Crippen molar-refractivity contribution in [2.24, 2.45) is 0 Å². The number of aliphatic hydroxyl groups excluding tert-OH is 1. The molecule has 13 heteroatoms. The first kappa shape index (κ1) is 43.6. The molecule has 1 aliphatic heterocycles. The molecular formula is C48H58N6O6Si. The number of benzene rings is 4. The summed E-state index contributed by atoms with van der Waals surface area (Å²) in [5.74, 6) is 1.41. The molecule has 0 bridgehead atoms. The van der Waals surface area contributed by atoms with E-state index in [1.165, 1.54) is 6.33 Å². The lowest BCUT2D eigenvalue weighted by molar-refractivity contribution is -0.215. The highest BCUT2D eigenvalue weighted by Crippen LogP contribution is 2.50. The number of aliphatic hydroxyl groups is 1. The number of amides is 1. The van der Waals surface area contributed by atoms with E-state index in [0.717, 1.165) is 28.2 Å². The van der Waals surface area contributed by atoms with Crippen molar-refractivity contribution in [3.8, 4) is 11.5 Å². The number of nitrogens with one attached hydrogen (secondary N) is 2. The number of imidazole rings is 1. The largest absolute Gasteiger partial charge is 0.497 e. The van der Waals surface area contributed by atoms with Crippen molar-refractivity contribution in [1.82, 2.24) is 24.8 Å². The topological polar surface area (TPSA) is 142 Å². The van der Waals surface area contributed by atoms with Crippen LogP contribution in [0.15, 0.2) is 122 Å². The Morgan fingerprint density at radius 3 is 1.90 bits per heavy atom. The number of anilines is 1. The molecule has 61 heavy (non-hydrogen) atoms. The first-order valence-corrected chi connectivity index (χ1v) is 23.3. The average Bonchev–Trinajstić information content (AvgIpc) is 3.73. The van der Waals surface area contributed by atoms with Gasteiger partial charge in [-0.05, 0) is 69.7 Å². The fraction of sp³-hybridized carbons (Fsp3) is 0.375. The number of nitrogens with zero attached hydrogens (tertiary/aromatic N) is 4. The van der Waals surface area contributed by atoms with Gasteiger partial charge >= 0.3 is 0 Å². The molecule has 320 valence electrons. The van der Waals surface area contributed by atoms with E-state index in [4.69, 9.17) is 23.9 Å². The fourth-order valence-electron chi connectivity index (χ4n) is 9.87. The van der Waals surface area contributed by atoms with Crippen molar-refractivity contribution in [1.29, 1.82) is 0 Å². The Labute approximate surface area is 359 Å². The highest BCUT2D eigenvalue weighted by atomic mass is 28.3. The summed E-state index contributed by atoms with van der Waals surface area (Å²) in [6.07, 6.45) is 2.40. The van der Waals surface area contributed by atoms with Gasteiger partial charge in [-0.2, -0.15) is 0 Å². The maximum absolute atomic E-state index is 13.5. The second-order valence-corrected chi connectivity index (χ2v) is 22.8. The van der Waals surface area contributed by atoms with Crippen LogP contribution in [0.5, 0.6) is 11.5 Å². The quantitative estimate of drug-likeness (QED) is 0.0641. The minimum Gasteiger partial charge on any atom is -0.497 e. The average molecular weight is 843 g/mol. The fourth-order valence-corrected chi connectivity index (χ4v) is 16.9. The molecule has 2 aromatic heterocycles. The molecule has 1 saturated heterocycles. The van der Waals surface area contributed by atoms with Gasteiger partial charge in [-0.25, -0.2) is 15.0 Å². The van der Waals surface area contributed by atoms with Crippen molar-refractivity contribution in [3.63, 3.8) is 0 Å². The van der Waals surface area contributed by atoms with Crippen molar-refractivity contribution in [2.75, 3.05) is 39.2 Å². The standard InChI is InChI=1S/C48H58N6O6Si/c1-32(2)61(33(3)4,34(5)6)46(56)47(28-49-27-41(60-47)54-31-52-42-43(50-30-51-44(42)54)53-45(55)35-15-11-9-12-16-35)29-59-48(36-17-13-10-14-18-36,37-19-23-39(57-7)24-20-37)38-21-25-40(58-8)26-22-38/h9-26,30-34,41,46,49,56H,27-29H2,1-8H3,(H,50,51,53,55)/t41-,46?,47+/m1/s1. The van der Waals surface area contributed by atoms with Crippen LogP contribution >= 0.6 is 0 Å². The van der Waals surface area contributed by atoms with Gasteiger partial charge < -0.3 is 34.7 Å². The van der Waals surface area contributed by atoms with Crippen LogP contribution in [0.2, 0.25) is 16.6 Å². The zero-order valence-corrected chi connectivity index (χ0v) is 37.3. The summed E-state index contributed by atoms with van der Waals surface area (Å²) < 4.78 is 28.1. The third-order valence-electron chi connectivity index (χ3n) is 12.7. The van der Waals surface area contributed by atoms with Gasteiger partial charge in [-0.15, -0.1) is 0 Å². The normalized spacial score (nSPS) is 17.8. The number of fused-ring (bicyclic) bond motifs is 1. The van der Waals surface area contributed by atoms with Gasteiger partial charge in [0.1, 0.15) is 35.3 Å². The third kappa shape index (κ3) is 8.08. The Bertz CT molecular complexity index is 2310. The van der Waals surface area contributed by atoms with Gasteiger partial charge in [-0.3, -0.25) is 9.36 Å². The third-order valence-corrected chi connectivity index (χ3v) is 20.2. The van der Waals surface area contributed by atoms with Crippen LogP contribution in [0.4, 0.5) is 5.82 Å². The van der Waals surface area contributed by atoms with Crippen LogP contribution < -0.4 is 20.1 Å². The van der Waals surface area contributed by atoms with E-state index in [0.29, 0.717) is 29.8 Å². The second kappa shape index (κ2) is 18.3. The Hall–Kier alpha value is -5.44. The van der Waals surface area contributed by atoms with Crippen molar-refractivity contribution < 1.29 is 28.8 Å². The Balaban J connectivity index is 1.37. The molecule has 0 aliphatic carbocycles. The zero-order valence-electron chi connectivity index (χ0n) is 36.3. The molecule has 3 N–H and O–H groups in total. The monoisotopic (exact) mass is 842 g/mol. The molecule has 0 saturated carbocycles. The molecule has 3 heterocycles. The number of hydrogen-bond donors (Lipinski definition) is 3. The molecule has 12 nitrogen and oxygen atoms in total. The van der Waals surface area contributed by atoms with Gasteiger partial charge in [0.15, 0.2) is 17.0 Å². The molecule has 0 spiro atoms. The van der Waals surface area contributed by atoms with Crippen LogP contribution in [0.25, 0.3) is 11.2 Å². The van der Waals surface area contributed by atoms with Gasteiger partial charge in [-0.1, -0.05) is 114 Å². The van der Waals surface area contributed by atoms with E-state index in [-0.39, 0.29) is 35.0 Å². The summed E-state index contributed by atoms with van der Waals surface area (Å²) >= 11 is 0. The smallest absolute Gasteiger partial charge is 0.256 e. The number of hydrogen-bond acceptors (Lipinski definition) is 10. The highest BCUT2D eigenvalue weighted by molar-refractivity contribution is 6.84. The molecule has 7 rings (SSSR count). The summed E-state index contributed by atoms with van der Waals surface area (Å²) in [7, 11) is 0.607. The molecular weight excluding hydrogens is 785 g/mol. The summed E-state index contributed by atoms with van der Waals surface area (Å²) in [6.45, 7) is 14.2. The van der Waals surface area contributed by atoms with Crippen LogP contribution in [-0.4, -0.2) is 83.9 Å². The van der Waals surface area contributed by atoms with Crippen molar-refractivity contribution in [2.45, 2.75) is 81.3 Å². The number of ether oxygens (including phenoxy) is 4. The Morgan fingerprint density at radius 2 is 1.36 bits per heavy atom. The first-order valence-electron chi connectivity index (χ1n) is 21.0. The zero-order chi connectivity index (χ0) is 43.4. The lowest BCUT2D eigenvalue weighted by Gasteiger charge is -2.55. The predicted molar refractivity (Wildman–Crippen MR) is 241 cm³/mol. The Kier molecular flexibility index (Phi) is 13.1. The molecule has 6 aromatic rings. The van der Waals surface area contributed by atoms with Crippen molar-refractivity contribution in [3.05, 3.63) is 144 Å². The summed E-state index contributed by atoms with van der Waals surface area (Å²) in [4.78, 5) is 27.0. The number of methoxy groups -OCH3 is 2. The van der Waals surface area contributed by atoms with E-state index < -0.39 is 31.2 Å². The first-order chi connectivity index (χ1) is 29.4. The van der Waals surface area contributed by atoms with E-state index in [1.54, 1.807) is 32.7 Å². The molecule has 0 radical (unpaired) electrons. The number of aromatic nitrogens is 4. The van der Waals surface area contributed by atoms with E-state index in [1.807, 2.05) is 89.5 Å². The van der Waals surface area contributed by atoms with E-state index in [9.17, 15) is 9.90 Å². The van der Waals surface area contributed by atoms with Crippen LogP contribution in [0.3, 0.4) is 0 Å². The number of carbonyl (C=O) groups excluding carboxylic acids is 1. The molecule has 4 aromatic carbocycles. The summed E-state index contributed by atoms with van der Waals surface area (Å²) in [5.41, 5.74) is 1.31. The maximum atomic E-state index is 13.5. The predicted octanol–water partition coefficient (Wildman–Crippen LogP) is 8.54. The Morgan fingerprint density at radius 1 is 0.820 bits per heavy atom. The van der Waals surface area contributed by atoms with Crippen LogP contribution in [0, 0.1) is 0 Å². The highest BCUT2D eigenvalue weighted by Gasteiger charge is 2.60. The number of carbonyl (C=O) groups is 1. The van der Waals surface area contributed by atoms with Crippen LogP contribution in [-0.2, 0) is 15.1 Å². The number of morpholine rings is 1. The second-order valence-electron chi connectivity index (χ2n) is 16.8. The molecule has 3 atom stereocenters. The van der Waals surface area contributed by atoms with Gasteiger partial charge in [0.2, 0.25) is 0 Å². The number of rotatable bonds is 16. The molecule has 1 unspecified atom stereocenters. The SMILES string of the molecule is COc1ccc(C(OC[C@]2(C(O)[Si](C(C)C)(C(C)C)C(C)C)CNC[C@H](n3cnc4c(NC(=O)c5ccccc5)ncnc43)O2)(c2ccccc2)c2ccc(OC)cc2)cc1. The minimum atomic E-state index is -2.70. The molecule has 1 amide bonds. The van der Waals surface area contributed by atoms with Gasteiger partial charge in [0.25, 0.3) is 5.91 Å². The van der Waals surface area contributed by atoms with Crippen LogP contribution in [0.1, 0.15) is 74.8 Å².